The molecule has 0 saturated carbocycles. The number of nitrogens with one attached hydrogen (secondary N) is 1. The van der Waals surface area contributed by atoms with Crippen LogP contribution in [0.2, 0.25) is 0 Å². The van der Waals surface area contributed by atoms with Gasteiger partial charge in [-0.2, -0.15) is 0 Å². The van der Waals surface area contributed by atoms with E-state index in [4.69, 9.17) is 0 Å². The van der Waals surface area contributed by atoms with Gasteiger partial charge in [0, 0.05) is 24.0 Å². The molecule has 1 aromatic carbocycles. The van der Waals surface area contributed by atoms with E-state index >= 15 is 0 Å². The van der Waals surface area contributed by atoms with Gasteiger partial charge < -0.3 is 5.32 Å². The molecule has 2 nitrogen and oxygen atoms in total. The van der Waals surface area contributed by atoms with Crippen LogP contribution in [0.3, 0.4) is 0 Å². The maximum absolute atomic E-state index is 4.39. The molecule has 0 spiro atoms. The minimum absolute atomic E-state index is 0.931. The summed E-state index contributed by atoms with van der Waals surface area (Å²) in [5.41, 5.74) is 6.16. The van der Waals surface area contributed by atoms with Gasteiger partial charge in [-0.3, -0.25) is 4.98 Å². The Morgan fingerprint density at radius 3 is 2.63 bits per heavy atom. The summed E-state index contributed by atoms with van der Waals surface area (Å²) in [4.78, 5) is 4.39. The molecule has 0 amide bonds. The normalized spacial score (nSPS) is 10.7. The van der Waals surface area contributed by atoms with Gasteiger partial charge in [-0.1, -0.05) is 25.1 Å². The predicted octanol–water partition coefficient (Wildman–Crippen LogP) is 3.87. The number of benzene rings is 1. The maximum atomic E-state index is 4.39. The van der Waals surface area contributed by atoms with Crippen LogP contribution in [0.25, 0.3) is 11.1 Å². The Kier molecular flexibility index (Phi) is 4.69. The molecule has 0 bridgehead atoms. The molecule has 0 saturated heterocycles. The summed E-state index contributed by atoms with van der Waals surface area (Å²) in [5.74, 6) is 0. The van der Waals surface area contributed by atoms with Crippen LogP contribution in [0.1, 0.15) is 30.2 Å². The fourth-order valence-electron chi connectivity index (χ4n) is 2.13. The molecule has 0 fully saturated rings. The van der Waals surface area contributed by atoms with Crippen LogP contribution in [-0.2, 0) is 6.54 Å². The first-order chi connectivity index (χ1) is 9.20. The second-order valence-electron chi connectivity index (χ2n) is 5.01. The molecule has 0 aliphatic heterocycles. The van der Waals surface area contributed by atoms with Gasteiger partial charge in [0.25, 0.3) is 0 Å². The Hall–Kier alpha value is -1.67. The first kappa shape index (κ1) is 13.8. The van der Waals surface area contributed by atoms with Gasteiger partial charge in [-0.05, 0) is 55.6 Å². The molecule has 0 aliphatic carbocycles. The van der Waals surface area contributed by atoms with Gasteiger partial charge >= 0.3 is 0 Å². The third-order valence-electron chi connectivity index (χ3n) is 3.28. The highest BCUT2D eigenvalue weighted by Crippen LogP contribution is 2.24. The van der Waals surface area contributed by atoms with Gasteiger partial charge in [0.05, 0.1) is 0 Å². The molecule has 0 atom stereocenters. The molecule has 0 aliphatic rings. The SMILES string of the molecule is CCCNCc1ccc(C)c(-c2ccc(C)nc2)c1. The first-order valence-corrected chi connectivity index (χ1v) is 6.94. The molecule has 0 radical (unpaired) electrons. The summed E-state index contributed by atoms with van der Waals surface area (Å²) in [5, 5.41) is 3.44. The second kappa shape index (κ2) is 6.48. The molecule has 1 heterocycles. The molecular formula is C17H22N2. The highest BCUT2D eigenvalue weighted by atomic mass is 14.8. The molecule has 1 N–H and O–H groups in total. The average Bonchev–Trinajstić information content (AvgIpc) is 2.42. The average molecular weight is 254 g/mol. The van der Waals surface area contributed by atoms with Crippen molar-refractivity contribution in [3.63, 3.8) is 0 Å². The maximum Gasteiger partial charge on any atom is 0.0373 e. The fraction of sp³-hybridized carbons (Fsp3) is 0.353. The van der Waals surface area contributed by atoms with E-state index in [2.05, 4.69) is 54.5 Å². The number of pyridine rings is 1. The van der Waals surface area contributed by atoms with Crippen LogP contribution in [0.5, 0.6) is 0 Å². The van der Waals surface area contributed by atoms with Crippen molar-refractivity contribution >= 4 is 0 Å². The van der Waals surface area contributed by atoms with Crippen LogP contribution < -0.4 is 5.32 Å². The summed E-state index contributed by atoms with van der Waals surface area (Å²) in [6, 6.07) is 10.9. The minimum atomic E-state index is 0.931. The van der Waals surface area contributed by atoms with Crippen molar-refractivity contribution in [1.82, 2.24) is 10.3 Å². The van der Waals surface area contributed by atoms with E-state index in [0.717, 1.165) is 18.8 Å². The molecule has 2 rings (SSSR count). The lowest BCUT2D eigenvalue weighted by molar-refractivity contribution is 0.675. The Labute approximate surface area is 115 Å². The second-order valence-corrected chi connectivity index (χ2v) is 5.01. The van der Waals surface area contributed by atoms with Crippen molar-refractivity contribution in [1.29, 1.82) is 0 Å². The topological polar surface area (TPSA) is 24.9 Å². The van der Waals surface area contributed by atoms with Gasteiger partial charge in [-0.15, -0.1) is 0 Å². The molecule has 0 unspecified atom stereocenters. The lowest BCUT2D eigenvalue weighted by Gasteiger charge is -2.10. The van der Waals surface area contributed by atoms with Crippen LogP contribution in [0.4, 0.5) is 0 Å². The van der Waals surface area contributed by atoms with Crippen molar-refractivity contribution < 1.29 is 0 Å². The number of aryl methyl sites for hydroxylation is 2. The number of nitrogens with zero attached hydrogens (tertiary/aromatic N) is 1. The Balaban J connectivity index is 2.24. The van der Waals surface area contributed by atoms with Crippen molar-refractivity contribution in [2.24, 2.45) is 0 Å². The molecule has 2 aromatic rings. The highest BCUT2D eigenvalue weighted by molar-refractivity contribution is 5.67. The van der Waals surface area contributed by atoms with Gasteiger partial charge in [0.1, 0.15) is 0 Å². The van der Waals surface area contributed by atoms with E-state index < -0.39 is 0 Å². The van der Waals surface area contributed by atoms with E-state index in [-0.39, 0.29) is 0 Å². The summed E-state index contributed by atoms with van der Waals surface area (Å²) in [6.07, 6.45) is 3.13. The van der Waals surface area contributed by atoms with E-state index in [9.17, 15) is 0 Å². The largest absolute Gasteiger partial charge is 0.313 e. The van der Waals surface area contributed by atoms with Gasteiger partial charge in [-0.25, -0.2) is 0 Å². The van der Waals surface area contributed by atoms with Crippen molar-refractivity contribution in [2.45, 2.75) is 33.7 Å². The third-order valence-corrected chi connectivity index (χ3v) is 3.28. The molecule has 19 heavy (non-hydrogen) atoms. The van der Waals surface area contributed by atoms with Crippen molar-refractivity contribution in [3.8, 4) is 11.1 Å². The zero-order valence-electron chi connectivity index (χ0n) is 12.0. The Bertz CT molecular complexity index is 529. The zero-order chi connectivity index (χ0) is 13.7. The van der Waals surface area contributed by atoms with E-state index in [1.165, 1.54) is 28.7 Å². The third kappa shape index (κ3) is 3.65. The summed E-state index contributed by atoms with van der Waals surface area (Å²) in [7, 11) is 0. The smallest absolute Gasteiger partial charge is 0.0373 e. The van der Waals surface area contributed by atoms with Crippen molar-refractivity contribution in [2.75, 3.05) is 6.54 Å². The number of rotatable bonds is 5. The van der Waals surface area contributed by atoms with E-state index in [1.54, 1.807) is 0 Å². The van der Waals surface area contributed by atoms with Crippen LogP contribution in [-0.4, -0.2) is 11.5 Å². The lowest BCUT2D eigenvalue weighted by Crippen LogP contribution is -2.13. The summed E-state index contributed by atoms with van der Waals surface area (Å²) in [6.45, 7) is 8.35. The van der Waals surface area contributed by atoms with Gasteiger partial charge in [0.15, 0.2) is 0 Å². The summed E-state index contributed by atoms with van der Waals surface area (Å²) < 4.78 is 0. The monoisotopic (exact) mass is 254 g/mol. The minimum Gasteiger partial charge on any atom is -0.313 e. The number of aromatic nitrogens is 1. The number of hydrogen-bond donors (Lipinski definition) is 1. The first-order valence-electron chi connectivity index (χ1n) is 6.94. The van der Waals surface area contributed by atoms with Crippen LogP contribution in [0.15, 0.2) is 36.5 Å². The van der Waals surface area contributed by atoms with Crippen LogP contribution >= 0.6 is 0 Å². The lowest BCUT2D eigenvalue weighted by atomic mass is 9.99. The zero-order valence-corrected chi connectivity index (χ0v) is 12.0. The molecule has 2 heteroatoms. The quantitative estimate of drug-likeness (QED) is 0.819. The predicted molar refractivity (Wildman–Crippen MR) is 81.1 cm³/mol. The highest BCUT2D eigenvalue weighted by Gasteiger charge is 2.04. The Morgan fingerprint density at radius 2 is 1.95 bits per heavy atom. The fourth-order valence-corrected chi connectivity index (χ4v) is 2.13. The molecular weight excluding hydrogens is 232 g/mol. The molecule has 100 valence electrons. The summed E-state index contributed by atoms with van der Waals surface area (Å²) >= 11 is 0. The van der Waals surface area contributed by atoms with Gasteiger partial charge in [0.2, 0.25) is 0 Å². The van der Waals surface area contributed by atoms with E-state index in [0.29, 0.717) is 0 Å². The standard InChI is InChI=1S/C17H22N2/c1-4-9-18-11-15-7-5-13(2)17(10-15)16-8-6-14(3)19-12-16/h5-8,10,12,18H,4,9,11H2,1-3H3. The van der Waals surface area contributed by atoms with Crippen molar-refractivity contribution in [3.05, 3.63) is 53.3 Å². The van der Waals surface area contributed by atoms with Crippen LogP contribution in [0, 0.1) is 13.8 Å². The molecule has 1 aromatic heterocycles. The van der Waals surface area contributed by atoms with E-state index in [1.807, 2.05) is 13.1 Å². The number of hydrogen-bond acceptors (Lipinski definition) is 2. The Morgan fingerprint density at radius 1 is 1.11 bits per heavy atom.